The SMILES string of the molecule is Cc1cc(C(=O)NCCn2ccnc2)cc(N)n1. The van der Waals surface area contributed by atoms with Crippen LogP contribution in [0, 0.1) is 6.92 Å². The van der Waals surface area contributed by atoms with E-state index in [1.54, 1.807) is 31.6 Å². The number of nitrogens with zero attached hydrogens (tertiary/aromatic N) is 3. The molecule has 0 aliphatic carbocycles. The summed E-state index contributed by atoms with van der Waals surface area (Å²) in [4.78, 5) is 19.8. The third kappa shape index (κ3) is 3.07. The van der Waals surface area contributed by atoms with Crippen molar-refractivity contribution in [1.82, 2.24) is 19.9 Å². The van der Waals surface area contributed by atoms with Gasteiger partial charge in [-0.2, -0.15) is 0 Å². The highest BCUT2D eigenvalue weighted by atomic mass is 16.1. The monoisotopic (exact) mass is 245 g/mol. The molecule has 0 spiro atoms. The van der Waals surface area contributed by atoms with E-state index in [0.29, 0.717) is 24.5 Å². The maximum absolute atomic E-state index is 11.9. The molecule has 0 aromatic carbocycles. The smallest absolute Gasteiger partial charge is 0.251 e. The molecule has 2 aromatic rings. The molecule has 0 aliphatic rings. The van der Waals surface area contributed by atoms with Crippen LogP contribution in [-0.4, -0.2) is 27.0 Å². The third-order valence-corrected chi connectivity index (χ3v) is 2.45. The molecule has 0 aliphatic heterocycles. The van der Waals surface area contributed by atoms with Gasteiger partial charge in [0, 0.05) is 36.7 Å². The van der Waals surface area contributed by atoms with E-state index in [1.165, 1.54) is 0 Å². The summed E-state index contributed by atoms with van der Waals surface area (Å²) in [5.41, 5.74) is 6.86. The number of imidazole rings is 1. The Bertz CT molecular complexity index is 515. The second kappa shape index (κ2) is 5.31. The Kier molecular flexibility index (Phi) is 3.57. The second-order valence-corrected chi connectivity index (χ2v) is 3.98. The molecule has 0 atom stereocenters. The predicted molar refractivity (Wildman–Crippen MR) is 67.9 cm³/mol. The van der Waals surface area contributed by atoms with Gasteiger partial charge in [0.05, 0.1) is 6.33 Å². The van der Waals surface area contributed by atoms with Crippen molar-refractivity contribution >= 4 is 11.7 Å². The van der Waals surface area contributed by atoms with Gasteiger partial charge in [-0.25, -0.2) is 9.97 Å². The zero-order valence-corrected chi connectivity index (χ0v) is 10.1. The minimum absolute atomic E-state index is 0.146. The second-order valence-electron chi connectivity index (χ2n) is 3.98. The fraction of sp³-hybridized carbons (Fsp3) is 0.250. The van der Waals surface area contributed by atoms with E-state index in [1.807, 2.05) is 10.8 Å². The first kappa shape index (κ1) is 12.1. The van der Waals surface area contributed by atoms with Crippen LogP contribution in [-0.2, 0) is 6.54 Å². The van der Waals surface area contributed by atoms with Crippen LogP contribution < -0.4 is 11.1 Å². The van der Waals surface area contributed by atoms with E-state index in [-0.39, 0.29) is 5.91 Å². The van der Waals surface area contributed by atoms with Gasteiger partial charge in [0.15, 0.2) is 0 Å². The zero-order valence-electron chi connectivity index (χ0n) is 10.1. The minimum atomic E-state index is -0.146. The van der Waals surface area contributed by atoms with Crippen LogP contribution in [0.4, 0.5) is 5.82 Å². The van der Waals surface area contributed by atoms with Crippen LogP contribution in [0.5, 0.6) is 0 Å². The Labute approximate surface area is 105 Å². The molecule has 0 fully saturated rings. The first-order valence-electron chi connectivity index (χ1n) is 5.63. The van der Waals surface area contributed by atoms with Crippen LogP contribution in [0.25, 0.3) is 0 Å². The van der Waals surface area contributed by atoms with E-state index in [2.05, 4.69) is 15.3 Å². The highest BCUT2D eigenvalue weighted by molar-refractivity contribution is 5.94. The zero-order chi connectivity index (χ0) is 13.0. The lowest BCUT2D eigenvalue weighted by atomic mass is 10.2. The molecule has 2 aromatic heterocycles. The number of aryl methyl sites for hydroxylation is 1. The molecule has 2 heterocycles. The van der Waals surface area contributed by atoms with Crippen molar-refractivity contribution in [3.8, 4) is 0 Å². The number of carbonyl (C=O) groups is 1. The molecule has 0 radical (unpaired) electrons. The quantitative estimate of drug-likeness (QED) is 0.825. The van der Waals surface area contributed by atoms with Gasteiger partial charge in [-0.05, 0) is 19.1 Å². The van der Waals surface area contributed by atoms with Crippen LogP contribution >= 0.6 is 0 Å². The summed E-state index contributed by atoms with van der Waals surface area (Å²) >= 11 is 0. The third-order valence-electron chi connectivity index (χ3n) is 2.45. The first-order chi connectivity index (χ1) is 8.65. The van der Waals surface area contributed by atoms with Crippen LogP contribution in [0.2, 0.25) is 0 Å². The van der Waals surface area contributed by atoms with Crippen molar-refractivity contribution in [3.63, 3.8) is 0 Å². The maximum atomic E-state index is 11.9. The molecular formula is C12H15N5O. The van der Waals surface area contributed by atoms with Crippen molar-refractivity contribution in [3.05, 3.63) is 42.1 Å². The fourth-order valence-electron chi connectivity index (χ4n) is 1.64. The molecule has 0 unspecified atom stereocenters. The molecule has 6 heteroatoms. The number of carbonyl (C=O) groups excluding carboxylic acids is 1. The average Bonchev–Trinajstić information content (AvgIpc) is 2.80. The van der Waals surface area contributed by atoms with Crippen LogP contribution in [0.15, 0.2) is 30.9 Å². The number of hydrogen-bond acceptors (Lipinski definition) is 4. The molecule has 3 N–H and O–H groups in total. The van der Waals surface area contributed by atoms with E-state index in [9.17, 15) is 4.79 Å². The molecule has 0 saturated carbocycles. The van der Waals surface area contributed by atoms with Crippen molar-refractivity contribution < 1.29 is 4.79 Å². The molecule has 6 nitrogen and oxygen atoms in total. The Hall–Kier alpha value is -2.37. The largest absolute Gasteiger partial charge is 0.384 e. The normalized spacial score (nSPS) is 10.3. The van der Waals surface area contributed by atoms with Crippen LogP contribution in [0.1, 0.15) is 16.1 Å². The van der Waals surface area contributed by atoms with Gasteiger partial charge < -0.3 is 15.6 Å². The Morgan fingerprint density at radius 1 is 1.50 bits per heavy atom. The lowest BCUT2D eigenvalue weighted by Gasteiger charge is -2.07. The van der Waals surface area contributed by atoms with E-state index in [4.69, 9.17) is 5.73 Å². The van der Waals surface area contributed by atoms with Crippen molar-refractivity contribution in [1.29, 1.82) is 0 Å². The van der Waals surface area contributed by atoms with Crippen LogP contribution in [0.3, 0.4) is 0 Å². The molecule has 0 bridgehead atoms. The summed E-state index contributed by atoms with van der Waals surface area (Å²) in [6, 6.07) is 3.28. The molecular weight excluding hydrogens is 230 g/mol. The number of nitrogens with two attached hydrogens (primary N) is 1. The average molecular weight is 245 g/mol. The number of nitrogen functional groups attached to an aromatic ring is 1. The Balaban J connectivity index is 1.91. The highest BCUT2D eigenvalue weighted by Gasteiger charge is 2.06. The molecule has 0 saturated heterocycles. The van der Waals surface area contributed by atoms with Gasteiger partial charge in [0.2, 0.25) is 0 Å². The molecule has 2 rings (SSSR count). The summed E-state index contributed by atoms with van der Waals surface area (Å²) < 4.78 is 1.90. The van der Waals surface area contributed by atoms with Gasteiger partial charge >= 0.3 is 0 Å². The number of hydrogen-bond donors (Lipinski definition) is 2. The summed E-state index contributed by atoms with van der Waals surface area (Å²) in [6.07, 6.45) is 5.26. The van der Waals surface area contributed by atoms with E-state index >= 15 is 0 Å². The number of rotatable bonds is 4. The van der Waals surface area contributed by atoms with E-state index < -0.39 is 0 Å². The molecule has 1 amide bonds. The number of anilines is 1. The van der Waals surface area contributed by atoms with Gasteiger partial charge in [0.25, 0.3) is 5.91 Å². The number of pyridine rings is 1. The minimum Gasteiger partial charge on any atom is -0.384 e. The predicted octanol–water partition coefficient (Wildman–Crippen LogP) is 0.599. The van der Waals surface area contributed by atoms with Gasteiger partial charge in [-0.15, -0.1) is 0 Å². The van der Waals surface area contributed by atoms with Gasteiger partial charge in [-0.3, -0.25) is 4.79 Å². The highest BCUT2D eigenvalue weighted by Crippen LogP contribution is 2.06. The topological polar surface area (TPSA) is 85.8 Å². The number of nitrogens with one attached hydrogen (secondary N) is 1. The van der Waals surface area contributed by atoms with Crippen molar-refractivity contribution in [2.24, 2.45) is 0 Å². The summed E-state index contributed by atoms with van der Waals surface area (Å²) in [5.74, 6) is 0.210. The Morgan fingerprint density at radius 3 is 3.00 bits per heavy atom. The van der Waals surface area contributed by atoms with Crippen molar-refractivity contribution in [2.75, 3.05) is 12.3 Å². The summed E-state index contributed by atoms with van der Waals surface area (Å²) in [5, 5.41) is 2.82. The molecule has 18 heavy (non-hydrogen) atoms. The maximum Gasteiger partial charge on any atom is 0.251 e. The fourth-order valence-corrected chi connectivity index (χ4v) is 1.64. The van der Waals surface area contributed by atoms with Gasteiger partial charge in [-0.1, -0.05) is 0 Å². The molecule has 94 valence electrons. The summed E-state index contributed by atoms with van der Waals surface area (Å²) in [6.45, 7) is 3.03. The lowest BCUT2D eigenvalue weighted by molar-refractivity contribution is 0.0952. The van der Waals surface area contributed by atoms with Crippen molar-refractivity contribution in [2.45, 2.75) is 13.5 Å². The standard InChI is InChI=1S/C12H15N5O/c1-9-6-10(7-11(13)16-9)12(18)15-3-5-17-4-2-14-8-17/h2,4,6-8H,3,5H2,1H3,(H2,13,16)(H,15,18). The lowest BCUT2D eigenvalue weighted by Crippen LogP contribution is -2.27. The Morgan fingerprint density at radius 2 is 2.33 bits per heavy atom. The summed E-state index contributed by atoms with van der Waals surface area (Å²) in [7, 11) is 0. The number of amides is 1. The van der Waals surface area contributed by atoms with E-state index in [0.717, 1.165) is 5.69 Å². The van der Waals surface area contributed by atoms with Gasteiger partial charge in [0.1, 0.15) is 5.82 Å². The first-order valence-corrected chi connectivity index (χ1v) is 5.63. The number of aromatic nitrogens is 3.